The van der Waals surface area contributed by atoms with Crippen LogP contribution in [0.4, 0.5) is 5.69 Å². The Bertz CT molecular complexity index is 403. The lowest BCUT2D eigenvalue weighted by atomic mass is 9.93. The molecule has 3 heteroatoms. The molecule has 1 fully saturated rings. The fourth-order valence-electron chi connectivity index (χ4n) is 2.49. The molecule has 0 bridgehead atoms. The van der Waals surface area contributed by atoms with Gasteiger partial charge in [-0.2, -0.15) is 0 Å². The van der Waals surface area contributed by atoms with Gasteiger partial charge in [-0.05, 0) is 24.5 Å². The number of nitrogens with zero attached hydrogens (tertiary/aromatic N) is 1. The Hall–Kier alpha value is -1.22. The smallest absolute Gasteiger partial charge is 0.120 e. The minimum absolute atomic E-state index is 0.286. The zero-order valence-corrected chi connectivity index (χ0v) is 11.9. The van der Waals surface area contributed by atoms with E-state index in [1.165, 1.54) is 5.69 Å². The highest BCUT2D eigenvalue weighted by Crippen LogP contribution is 2.27. The lowest BCUT2D eigenvalue weighted by molar-refractivity contribution is 0.362. The summed E-state index contributed by atoms with van der Waals surface area (Å²) in [6, 6.07) is 8.85. The second kappa shape index (κ2) is 5.19. The lowest BCUT2D eigenvalue weighted by Crippen LogP contribution is -2.35. The van der Waals surface area contributed by atoms with Gasteiger partial charge in [0.15, 0.2) is 0 Å². The van der Waals surface area contributed by atoms with E-state index in [2.05, 4.69) is 49.2 Å². The molecule has 2 rings (SSSR count). The summed E-state index contributed by atoms with van der Waals surface area (Å²) in [5, 5.41) is 3.59. The van der Waals surface area contributed by atoms with Crippen LogP contribution in [0.3, 0.4) is 0 Å². The highest BCUT2D eigenvalue weighted by Gasteiger charge is 2.27. The Balaban J connectivity index is 2.23. The Morgan fingerprint density at radius 1 is 1.39 bits per heavy atom. The molecule has 1 aliphatic heterocycles. The topological polar surface area (TPSA) is 24.5 Å². The van der Waals surface area contributed by atoms with Gasteiger partial charge in [0.1, 0.15) is 5.75 Å². The molecule has 1 heterocycles. The van der Waals surface area contributed by atoms with E-state index in [9.17, 15) is 0 Å². The first-order valence-electron chi connectivity index (χ1n) is 6.62. The summed E-state index contributed by atoms with van der Waals surface area (Å²) >= 11 is 0. The van der Waals surface area contributed by atoms with Crippen LogP contribution in [-0.2, 0) is 0 Å². The third-order valence-electron chi connectivity index (χ3n) is 3.46. The van der Waals surface area contributed by atoms with Crippen molar-refractivity contribution in [2.45, 2.75) is 26.8 Å². The van der Waals surface area contributed by atoms with E-state index in [1.807, 2.05) is 6.07 Å². The first kappa shape index (κ1) is 13.2. The fraction of sp³-hybridized carbons (Fsp3) is 0.600. The van der Waals surface area contributed by atoms with Gasteiger partial charge in [0, 0.05) is 37.4 Å². The number of rotatable bonds is 2. The first-order valence-corrected chi connectivity index (χ1v) is 6.62. The molecule has 100 valence electrons. The molecular formula is C15H24N2O. The summed E-state index contributed by atoms with van der Waals surface area (Å²) in [7, 11) is 1.72. The molecule has 0 aliphatic carbocycles. The molecule has 1 aromatic rings. The quantitative estimate of drug-likeness (QED) is 0.870. The van der Waals surface area contributed by atoms with Crippen molar-refractivity contribution in [1.29, 1.82) is 0 Å². The van der Waals surface area contributed by atoms with Crippen LogP contribution in [0, 0.1) is 5.41 Å². The van der Waals surface area contributed by atoms with Gasteiger partial charge < -0.3 is 15.0 Å². The molecule has 3 nitrogen and oxygen atoms in total. The van der Waals surface area contributed by atoms with E-state index in [4.69, 9.17) is 4.74 Å². The van der Waals surface area contributed by atoms with Gasteiger partial charge >= 0.3 is 0 Å². The van der Waals surface area contributed by atoms with Crippen LogP contribution in [0.25, 0.3) is 0 Å². The number of hydrogen-bond acceptors (Lipinski definition) is 3. The molecule has 0 radical (unpaired) electrons. The second-order valence-electron chi connectivity index (χ2n) is 6.03. The van der Waals surface area contributed by atoms with Crippen molar-refractivity contribution in [2.24, 2.45) is 5.41 Å². The molecule has 1 N–H and O–H groups in total. The van der Waals surface area contributed by atoms with E-state index in [1.54, 1.807) is 7.11 Å². The Labute approximate surface area is 110 Å². The van der Waals surface area contributed by atoms with Crippen molar-refractivity contribution >= 4 is 5.69 Å². The van der Waals surface area contributed by atoms with Gasteiger partial charge in [0.2, 0.25) is 0 Å². The predicted octanol–water partition coefficient (Wildman–Crippen LogP) is 2.52. The number of benzene rings is 1. The third kappa shape index (κ3) is 3.16. The normalized spacial score (nSPS) is 23.6. The largest absolute Gasteiger partial charge is 0.497 e. The summed E-state index contributed by atoms with van der Waals surface area (Å²) in [6.07, 6.45) is 0. The molecule has 0 amide bonds. The standard InChI is InChI=1S/C15H24N2O/c1-12-9-17(11-15(2,3)10-16-12)13-6-5-7-14(8-13)18-4/h5-8,12,16H,9-11H2,1-4H3. The first-order chi connectivity index (χ1) is 8.50. The second-order valence-corrected chi connectivity index (χ2v) is 6.03. The number of anilines is 1. The summed E-state index contributed by atoms with van der Waals surface area (Å²) in [5.74, 6) is 0.926. The van der Waals surface area contributed by atoms with E-state index in [-0.39, 0.29) is 5.41 Å². The van der Waals surface area contributed by atoms with Crippen LogP contribution >= 0.6 is 0 Å². The van der Waals surface area contributed by atoms with E-state index >= 15 is 0 Å². The van der Waals surface area contributed by atoms with Crippen LogP contribution in [0.1, 0.15) is 20.8 Å². The molecule has 1 atom stereocenters. The summed E-state index contributed by atoms with van der Waals surface area (Å²) in [4.78, 5) is 2.45. The van der Waals surface area contributed by atoms with Crippen molar-refractivity contribution in [1.82, 2.24) is 5.32 Å². The maximum absolute atomic E-state index is 5.31. The SMILES string of the molecule is COc1cccc(N2CC(C)NCC(C)(C)C2)c1. The Morgan fingerprint density at radius 2 is 2.17 bits per heavy atom. The zero-order chi connectivity index (χ0) is 13.2. The zero-order valence-electron chi connectivity index (χ0n) is 11.9. The van der Waals surface area contributed by atoms with E-state index < -0.39 is 0 Å². The molecule has 1 unspecified atom stereocenters. The van der Waals surface area contributed by atoms with Crippen LogP contribution in [0.5, 0.6) is 5.75 Å². The van der Waals surface area contributed by atoms with Crippen LogP contribution < -0.4 is 15.0 Å². The van der Waals surface area contributed by atoms with Gasteiger partial charge in [-0.3, -0.25) is 0 Å². The Morgan fingerprint density at radius 3 is 2.89 bits per heavy atom. The monoisotopic (exact) mass is 248 g/mol. The summed E-state index contributed by atoms with van der Waals surface area (Å²) in [6.45, 7) is 10.0. The summed E-state index contributed by atoms with van der Waals surface area (Å²) in [5.41, 5.74) is 1.53. The van der Waals surface area contributed by atoms with Crippen molar-refractivity contribution in [3.05, 3.63) is 24.3 Å². The minimum Gasteiger partial charge on any atom is -0.497 e. The van der Waals surface area contributed by atoms with E-state index in [0.717, 1.165) is 25.4 Å². The molecular weight excluding hydrogens is 224 g/mol. The minimum atomic E-state index is 0.286. The predicted molar refractivity (Wildman–Crippen MR) is 76.5 cm³/mol. The fourth-order valence-corrected chi connectivity index (χ4v) is 2.49. The average molecular weight is 248 g/mol. The van der Waals surface area contributed by atoms with Gasteiger partial charge in [0.25, 0.3) is 0 Å². The van der Waals surface area contributed by atoms with Gasteiger partial charge in [-0.15, -0.1) is 0 Å². The van der Waals surface area contributed by atoms with Crippen molar-refractivity contribution < 1.29 is 4.74 Å². The molecule has 1 aliphatic rings. The number of methoxy groups -OCH3 is 1. The number of hydrogen-bond donors (Lipinski definition) is 1. The molecule has 18 heavy (non-hydrogen) atoms. The molecule has 1 saturated heterocycles. The van der Waals surface area contributed by atoms with Crippen molar-refractivity contribution in [3.8, 4) is 5.75 Å². The van der Waals surface area contributed by atoms with Crippen molar-refractivity contribution in [3.63, 3.8) is 0 Å². The van der Waals surface area contributed by atoms with Crippen LogP contribution in [0.2, 0.25) is 0 Å². The molecule has 0 spiro atoms. The number of ether oxygens (including phenoxy) is 1. The van der Waals surface area contributed by atoms with Crippen LogP contribution in [0.15, 0.2) is 24.3 Å². The Kier molecular flexibility index (Phi) is 3.81. The molecule has 1 aromatic carbocycles. The maximum atomic E-state index is 5.31. The highest BCUT2D eigenvalue weighted by atomic mass is 16.5. The van der Waals surface area contributed by atoms with Crippen LogP contribution in [-0.4, -0.2) is 32.8 Å². The lowest BCUT2D eigenvalue weighted by Gasteiger charge is -2.31. The average Bonchev–Trinajstić information content (AvgIpc) is 2.48. The van der Waals surface area contributed by atoms with E-state index in [0.29, 0.717) is 6.04 Å². The molecule has 0 saturated carbocycles. The number of nitrogens with one attached hydrogen (secondary N) is 1. The third-order valence-corrected chi connectivity index (χ3v) is 3.46. The van der Waals surface area contributed by atoms with Crippen molar-refractivity contribution in [2.75, 3.05) is 31.6 Å². The van der Waals surface area contributed by atoms with Gasteiger partial charge in [0.05, 0.1) is 7.11 Å². The highest BCUT2D eigenvalue weighted by molar-refractivity contribution is 5.51. The molecule has 0 aromatic heterocycles. The van der Waals surface area contributed by atoms with Gasteiger partial charge in [-0.1, -0.05) is 19.9 Å². The summed E-state index contributed by atoms with van der Waals surface area (Å²) < 4.78 is 5.31. The maximum Gasteiger partial charge on any atom is 0.120 e. The van der Waals surface area contributed by atoms with Gasteiger partial charge in [-0.25, -0.2) is 0 Å².